The number of nitrogens with one attached hydrogen (secondary N) is 2. The highest BCUT2D eigenvalue weighted by Gasteiger charge is 2.12. The van der Waals surface area contributed by atoms with Crippen molar-refractivity contribution in [3.8, 4) is 11.6 Å². The molecule has 0 atom stereocenters. The summed E-state index contributed by atoms with van der Waals surface area (Å²) in [5.41, 5.74) is 2.59. The third kappa shape index (κ3) is 3.66. The number of hydrogen-bond donors (Lipinski definition) is 2. The molecular formula is C20H14F2N4O2. The van der Waals surface area contributed by atoms with Gasteiger partial charge in [-0.25, -0.2) is 18.7 Å². The topological polar surface area (TPSA) is 79.9 Å². The second-order valence-corrected chi connectivity index (χ2v) is 5.96. The molecule has 0 aliphatic carbocycles. The third-order valence-electron chi connectivity index (χ3n) is 4.08. The van der Waals surface area contributed by atoms with E-state index in [0.717, 1.165) is 23.2 Å². The number of aromatic nitrogens is 3. The minimum absolute atomic E-state index is 0.106. The molecule has 1 amide bonds. The summed E-state index contributed by atoms with van der Waals surface area (Å²) in [7, 11) is 0. The van der Waals surface area contributed by atoms with Crippen LogP contribution in [0.5, 0.6) is 11.6 Å². The molecule has 28 heavy (non-hydrogen) atoms. The number of aromatic amines is 1. The molecule has 0 unspecified atom stereocenters. The highest BCUT2D eigenvalue weighted by Crippen LogP contribution is 2.24. The molecule has 2 heterocycles. The summed E-state index contributed by atoms with van der Waals surface area (Å²) in [6.07, 6.45) is 3.07. The summed E-state index contributed by atoms with van der Waals surface area (Å²) in [5, 5.41) is 2.79. The lowest BCUT2D eigenvalue weighted by Crippen LogP contribution is -2.23. The second-order valence-electron chi connectivity index (χ2n) is 5.96. The van der Waals surface area contributed by atoms with Gasteiger partial charge in [-0.15, -0.1) is 0 Å². The maximum atomic E-state index is 13.4. The van der Waals surface area contributed by atoms with Crippen LogP contribution in [0.4, 0.5) is 8.78 Å². The van der Waals surface area contributed by atoms with E-state index in [0.29, 0.717) is 11.1 Å². The van der Waals surface area contributed by atoms with Gasteiger partial charge < -0.3 is 15.0 Å². The van der Waals surface area contributed by atoms with Crippen LogP contribution in [0.1, 0.15) is 15.9 Å². The van der Waals surface area contributed by atoms with E-state index in [-0.39, 0.29) is 24.1 Å². The molecule has 4 rings (SSSR count). The molecule has 0 saturated heterocycles. The normalized spacial score (nSPS) is 10.8. The molecular weight excluding hydrogens is 366 g/mol. The van der Waals surface area contributed by atoms with Gasteiger partial charge in [0.25, 0.3) is 5.91 Å². The maximum absolute atomic E-state index is 13.4. The fourth-order valence-electron chi connectivity index (χ4n) is 2.66. The van der Waals surface area contributed by atoms with E-state index in [1.807, 2.05) is 0 Å². The van der Waals surface area contributed by atoms with Crippen LogP contribution in [0.2, 0.25) is 0 Å². The zero-order valence-electron chi connectivity index (χ0n) is 14.4. The minimum atomic E-state index is -1.02. The monoisotopic (exact) mass is 380 g/mol. The number of imidazole rings is 1. The Kier molecular flexibility index (Phi) is 4.67. The number of amides is 1. The highest BCUT2D eigenvalue weighted by molar-refractivity contribution is 5.97. The number of pyridine rings is 1. The van der Waals surface area contributed by atoms with Gasteiger partial charge in [0.2, 0.25) is 5.88 Å². The van der Waals surface area contributed by atoms with Gasteiger partial charge >= 0.3 is 0 Å². The van der Waals surface area contributed by atoms with Crippen molar-refractivity contribution in [2.75, 3.05) is 0 Å². The lowest BCUT2D eigenvalue weighted by Gasteiger charge is -2.11. The van der Waals surface area contributed by atoms with E-state index in [1.165, 1.54) is 12.3 Å². The van der Waals surface area contributed by atoms with Crippen molar-refractivity contribution in [2.24, 2.45) is 0 Å². The second kappa shape index (κ2) is 7.43. The molecule has 0 aliphatic rings. The van der Waals surface area contributed by atoms with Gasteiger partial charge in [0.15, 0.2) is 11.6 Å². The Labute approximate surface area is 158 Å². The van der Waals surface area contributed by atoms with Gasteiger partial charge in [-0.1, -0.05) is 6.07 Å². The lowest BCUT2D eigenvalue weighted by molar-refractivity contribution is 0.0951. The summed E-state index contributed by atoms with van der Waals surface area (Å²) in [6, 6.07) is 11.8. The number of rotatable bonds is 5. The highest BCUT2D eigenvalue weighted by atomic mass is 19.2. The van der Waals surface area contributed by atoms with Crippen LogP contribution in [0, 0.1) is 11.6 Å². The Morgan fingerprint density at radius 3 is 2.82 bits per heavy atom. The van der Waals surface area contributed by atoms with Gasteiger partial charge in [0.05, 0.1) is 17.4 Å². The summed E-state index contributed by atoms with van der Waals surface area (Å²) < 4.78 is 32.0. The summed E-state index contributed by atoms with van der Waals surface area (Å²) in [6.45, 7) is 0.146. The fourth-order valence-corrected chi connectivity index (χ4v) is 2.66. The average Bonchev–Trinajstić information content (AvgIpc) is 3.18. The first-order valence-electron chi connectivity index (χ1n) is 8.38. The molecule has 0 saturated carbocycles. The zero-order valence-corrected chi connectivity index (χ0v) is 14.4. The fraction of sp³-hybridized carbons (Fsp3) is 0.0500. The molecule has 0 spiro atoms. The molecule has 2 aromatic heterocycles. The molecule has 8 heteroatoms. The quantitative estimate of drug-likeness (QED) is 0.549. The Balaban J connectivity index is 1.48. The van der Waals surface area contributed by atoms with Gasteiger partial charge in [-0.3, -0.25) is 4.79 Å². The summed E-state index contributed by atoms with van der Waals surface area (Å²) >= 11 is 0. The molecule has 0 fully saturated rings. The van der Waals surface area contributed by atoms with E-state index in [2.05, 4.69) is 20.3 Å². The van der Waals surface area contributed by atoms with Crippen molar-refractivity contribution in [3.63, 3.8) is 0 Å². The Morgan fingerprint density at radius 1 is 1.07 bits per heavy atom. The van der Waals surface area contributed by atoms with Crippen molar-refractivity contribution in [2.45, 2.75) is 6.54 Å². The number of halogens is 2. The first-order valence-corrected chi connectivity index (χ1v) is 8.38. The molecule has 4 aromatic rings. The predicted octanol–water partition coefficient (Wildman–Crippen LogP) is 3.96. The number of nitrogens with zero attached hydrogens (tertiary/aromatic N) is 2. The molecule has 2 N–H and O–H groups in total. The number of carbonyl (C=O) groups excluding carboxylic acids is 1. The summed E-state index contributed by atoms with van der Waals surface area (Å²) in [5.74, 6) is -1.96. The van der Waals surface area contributed by atoms with Crippen LogP contribution in [-0.4, -0.2) is 20.9 Å². The standard InChI is InChI=1S/C20H14F2N4O2/c21-15-5-4-14(9-16(15)22)28-20-13(2-1-7-23-20)10-24-19(27)12-3-6-17-18(8-12)26-11-25-17/h1-9,11H,10H2,(H,24,27)(H,25,26). The number of ether oxygens (including phenoxy) is 1. The predicted molar refractivity (Wildman–Crippen MR) is 97.9 cm³/mol. The molecule has 0 aliphatic heterocycles. The number of hydrogen-bond acceptors (Lipinski definition) is 4. The lowest BCUT2D eigenvalue weighted by atomic mass is 10.2. The molecule has 6 nitrogen and oxygen atoms in total. The van der Waals surface area contributed by atoms with Crippen LogP contribution in [0.25, 0.3) is 11.0 Å². The Morgan fingerprint density at radius 2 is 1.96 bits per heavy atom. The van der Waals surface area contributed by atoms with Crippen molar-refractivity contribution >= 4 is 16.9 Å². The molecule has 2 aromatic carbocycles. The first kappa shape index (κ1) is 17.6. The van der Waals surface area contributed by atoms with Gasteiger partial charge in [-0.05, 0) is 36.4 Å². The number of carbonyl (C=O) groups is 1. The molecule has 0 bridgehead atoms. The van der Waals surface area contributed by atoms with E-state index < -0.39 is 11.6 Å². The SMILES string of the molecule is O=C(NCc1cccnc1Oc1ccc(F)c(F)c1)c1ccc2nc[nH]c2c1. The smallest absolute Gasteiger partial charge is 0.251 e. The van der Waals surface area contributed by atoms with Crippen LogP contribution < -0.4 is 10.1 Å². The van der Waals surface area contributed by atoms with Crippen LogP contribution in [0.15, 0.2) is 61.1 Å². The largest absolute Gasteiger partial charge is 0.439 e. The number of benzene rings is 2. The van der Waals surface area contributed by atoms with E-state index >= 15 is 0 Å². The van der Waals surface area contributed by atoms with Crippen LogP contribution >= 0.6 is 0 Å². The minimum Gasteiger partial charge on any atom is -0.439 e. The average molecular weight is 380 g/mol. The Bertz CT molecular complexity index is 1160. The van der Waals surface area contributed by atoms with Gasteiger partial charge in [-0.2, -0.15) is 0 Å². The maximum Gasteiger partial charge on any atom is 0.251 e. The van der Waals surface area contributed by atoms with Crippen molar-refractivity contribution in [1.82, 2.24) is 20.3 Å². The Hall–Kier alpha value is -3.81. The van der Waals surface area contributed by atoms with E-state index in [4.69, 9.17) is 4.74 Å². The van der Waals surface area contributed by atoms with Crippen molar-refractivity contribution in [3.05, 3.63) is 83.8 Å². The molecule has 140 valence electrons. The van der Waals surface area contributed by atoms with Gasteiger partial charge in [0, 0.05) is 29.9 Å². The van der Waals surface area contributed by atoms with Crippen LogP contribution in [0.3, 0.4) is 0 Å². The van der Waals surface area contributed by atoms with Crippen LogP contribution in [-0.2, 0) is 6.54 Å². The van der Waals surface area contributed by atoms with Crippen molar-refractivity contribution < 1.29 is 18.3 Å². The summed E-state index contributed by atoms with van der Waals surface area (Å²) in [4.78, 5) is 23.6. The van der Waals surface area contributed by atoms with Crippen molar-refractivity contribution in [1.29, 1.82) is 0 Å². The number of fused-ring (bicyclic) bond motifs is 1. The first-order chi connectivity index (χ1) is 13.6. The zero-order chi connectivity index (χ0) is 19.5. The van der Waals surface area contributed by atoms with E-state index in [9.17, 15) is 13.6 Å². The molecule has 0 radical (unpaired) electrons. The van der Waals surface area contributed by atoms with Gasteiger partial charge in [0.1, 0.15) is 5.75 Å². The third-order valence-corrected chi connectivity index (χ3v) is 4.08. The van der Waals surface area contributed by atoms with E-state index in [1.54, 1.807) is 36.7 Å². The number of H-pyrrole nitrogens is 1.